The standard InChI is InChI=1S/C18H24N4O.ClH/c1-13-4-6-14(7-5-13)11-21(2)18(23)17-10-19-9-16(17)15-8-20-22(3)12-15;/h4-8,12,16-17,19H,9-11H2,1-3H3;1H/t16-,17+;/m1./s1. The highest BCUT2D eigenvalue weighted by molar-refractivity contribution is 5.85. The van der Waals surface area contributed by atoms with E-state index in [1.807, 2.05) is 31.4 Å². The topological polar surface area (TPSA) is 50.2 Å². The summed E-state index contributed by atoms with van der Waals surface area (Å²) < 4.78 is 1.80. The fraction of sp³-hybridized carbons (Fsp3) is 0.444. The zero-order valence-corrected chi connectivity index (χ0v) is 15.2. The molecule has 0 unspecified atom stereocenters. The molecule has 1 aliphatic rings. The third-order valence-corrected chi connectivity index (χ3v) is 4.60. The van der Waals surface area contributed by atoms with Crippen LogP contribution in [-0.4, -0.2) is 40.7 Å². The quantitative estimate of drug-likeness (QED) is 0.920. The number of hydrogen-bond donors (Lipinski definition) is 1. The maximum atomic E-state index is 12.9. The van der Waals surface area contributed by atoms with Crippen molar-refractivity contribution in [2.75, 3.05) is 20.1 Å². The van der Waals surface area contributed by atoms with Crippen molar-refractivity contribution in [3.05, 3.63) is 53.3 Å². The van der Waals surface area contributed by atoms with E-state index in [-0.39, 0.29) is 30.2 Å². The van der Waals surface area contributed by atoms with Crippen LogP contribution in [0.2, 0.25) is 0 Å². The van der Waals surface area contributed by atoms with Crippen molar-refractivity contribution >= 4 is 18.3 Å². The van der Waals surface area contributed by atoms with Crippen molar-refractivity contribution in [2.24, 2.45) is 13.0 Å². The molecular weight excluding hydrogens is 324 g/mol. The summed E-state index contributed by atoms with van der Waals surface area (Å²) in [6, 6.07) is 8.35. The minimum Gasteiger partial charge on any atom is -0.341 e. The summed E-state index contributed by atoms with van der Waals surface area (Å²) in [5.41, 5.74) is 3.54. The molecule has 0 bridgehead atoms. The predicted molar refractivity (Wildman–Crippen MR) is 97.2 cm³/mol. The fourth-order valence-electron chi connectivity index (χ4n) is 3.25. The molecule has 1 fully saturated rings. The first-order valence-electron chi connectivity index (χ1n) is 8.04. The summed E-state index contributed by atoms with van der Waals surface area (Å²) in [5, 5.41) is 7.59. The maximum absolute atomic E-state index is 12.9. The number of halogens is 1. The molecule has 130 valence electrons. The van der Waals surface area contributed by atoms with Crippen molar-refractivity contribution in [1.29, 1.82) is 0 Å². The Balaban J connectivity index is 0.00000208. The van der Waals surface area contributed by atoms with Gasteiger partial charge in [0.15, 0.2) is 0 Å². The lowest BCUT2D eigenvalue weighted by molar-refractivity contribution is -0.134. The number of aryl methyl sites for hydroxylation is 2. The third-order valence-electron chi connectivity index (χ3n) is 4.60. The molecule has 1 aromatic heterocycles. The van der Waals surface area contributed by atoms with E-state index in [2.05, 4.69) is 41.6 Å². The third kappa shape index (κ3) is 3.97. The Labute approximate surface area is 149 Å². The van der Waals surface area contributed by atoms with Crippen molar-refractivity contribution in [3.63, 3.8) is 0 Å². The van der Waals surface area contributed by atoms with Crippen LogP contribution in [0, 0.1) is 12.8 Å². The number of hydrogen-bond acceptors (Lipinski definition) is 3. The first-order valence-corrected chi connectivity index (χ1v) is 8.04. The van der Waals surface area contributed by atoms with Gasteiger partial charge in [0, 0.05) is 45.8 Å². The van der Waals surface area contributed by atoms with Crippen molar-refractivity contribution in [1.82, 2.24) is 20.0 Å². The van der Waals surface area contributed by atoms with Gasteiger partial charge < -0.3 is 10.2 Å². The van der Waals surface area contributed by atoms with Crippen LogP contribution in [0.25, 0.3) is 0 Å². The van der Waals surface area contributed by atoms with Gasteiger partial charge in [0.1, 0.15) is 0 Å². The zero-order valence-electron chi connectivity index (χ0n) is 14.4. The number of aromatic nitrogens is 2. The second kappa shape index (κ2) is 7.81. The molecule has 1 amide bonds. The zero-order chi connectivity index (χ0) is 16.4. The molecule has 5 nitrogen and oxygen atoms in total. The van der Waals surface area contributed by atoms with E-state index >= 15 is 0 Å². The fourth-order valence-corrected chi connectivity index (χ4v) is 3.25. The molecule has 0 saturated carbocycles. The van der Waals surface area contributed by atoms with E-state index in [0.717, 1.165) is 24.2 Å². The van der Waals surface area contributed by atoms with Gasteiger partial charge in [0.2, 0.25) is 5.91 Å². The van der Waals surface area contributed by atoms with Gasteiger partial charge in [-0.05, 0) is 18.1 Å². The average Bonchev–Trinajstić information content (AvgIpc) is 3.17. The molecule has 1 N–H and O–H groups in total. The molecule has 6 heteroatoms. The molecular formula is C18H25ClN4O. The summed E-state index contributed by atoms with van der Waals surface area (Å²) in [5.74, 6) is 0.385. The van der Waals surface area contributed by atoms with Crippen LogP contribution in [0.1, 0.15) is 22.6 Å². The van der Waals surface area contributed by atoms with Crippen LogP contribution in [-0.2, 0) is 18.4 Å². The van der Waals surface area contributed by atoms with Gasteiger partial charge >= 0.3 is 0 Å². The van der Waals surface area contributed by atoms with Crippen LogP contribution in [0.15, 0.2) is 36.7 Å². The van der Waals surface area contributed by atoms with E-state index in [1.54, 1.807) is 4.68 Å². The summed E-state index contributed by atoms with van der Waals surface area (Å²) in [4.78, 5) is 14.7. The highest BCUT2D eigenvalue weighted by Gasteiger charge is 2.36. The lowest BCUT2D eigenvalue weighted by Gasteiger charge is -2.24. The van der Waals surface area contributed by atoms with Gasteiger partial charge in [-0.15, -0.1) is 12.4 Å². The molecule has 24 heavy (non-hydrogen) atoms. The van der Waals surface area contributed by atoms with Crippen LogP contribution >= 0.6 is 12.4 Å². The van der Waals surface area contributed by atoms with Crippen molar-refractivity contribution < 1.29 is 4.79 Å². The Bertz CT molecular complexity index is 683. The average molecular weight is 349 g/mol. The van der Waals surface area contributed by atoms with Crippen LogP contribution < -0.4 is 5.32 Å². The molecule has 2 heterocycles. The van der Waals surface area contributed by atoms with Crippen LogP contribution in [0.4, 0.5) is 0 Å². The van der Waals surface area contributed by atoms with Crippen molar-refractivity contribution in [2.45, 2.75) is 19.4 Å². The van der Waals surface area contributed by atoms with Gasteiger partial charge in [-0.3, -0.25) is 9.48 Å². The first-order chi connectivity index (χ1) is 11.0. The van der Waals surface area contributed by atoms with Crippen LogP contribution in [0.3, 0.4) is 0 Å². The number of carbonyl (C=O) groups is 1. The lowest BCUT2D eigenvalue weighted by Crippen LogP contribution is -2.35. The normalized spacial score (nSPS) is 19.8. The molecule has 1 aromatic carbocycles. The van der Waals surface area contributed by atoms with Gasteiger partial charge in [0.05, 0.1) is 12.1 Å². The molecule has 1 aliphatic heterocycles. The minimum absolute atomic E-state index is 0. The van der Waals surface area contributed by atoms with Gasteiger partial charge in [0.25, 0.3) is 0 Å². The Morgan fingerprint density at radius 2 is 2.04 bits per heavy atom. The number of benzene rings is 1. The lowest BCUT2D eigenvalue weighted by atomic mass is 9.90. The summed E-state index contributed by atoms with van der Waals surface area (Å²) in [6.07, 6.45) is 3.88. The minimum atomic E-state index is -0.0188. The second-order valence-electron chi connectivity index (χ2n) is 6.50. The van der Waals surface area contributed by atoms with Crippen LogP contribution in [0.5, 0.6) is 0 Å². The van der Waals surface area contributed by atoms with Gasteiger partial charge in [-0.1, -0.05) is 29.8 Å². The Morgan fingerprint density at radius 3 is 2.67 bits per heavy atom. The molecule has 2 atom stereocenters. The number of rotatable bonds is 4. The van der Waals surface area contributed by atoms with E-state index in [1.165, 1.54) is 5.56 Å². The largest absolute Gasteiger partial charge is 0.341 e. The Morgan fingerprint density at radius 1 is 1.33 bits per heavy atom. The maximum Gasteiger partial charge on any atom is 0.227 e. The predicted octanol–water partition coefficient (Wildman–Crippen LogP) is 2.11. The molecule has 3 rings (SSSR count). The smallest absolute Gasteiger partial charge is 0.227 e. The molecule has 1 saturated heterocycles. The van der Waals surface area contributed by atoms with E-state index in [4.69, 9.17) is 0 Å². The van der Waals surface area contributed by atoms with Gasteiger partial charge in [-0.25, -0.2) is 0 Å². The summed E-state index contributed by atoms with van der Waals surface area (Å²) in [6.45, 7) is 4.29. The van der Waals surface area contributed by atoms with E-state index < -0.39 is 0 Å². The summed E-state index contributed by atoms with van der Waals surface area (Å²) in [7, 11) is 3.80. The summed E-state index contributed by atoms with van der Waals surface area (Å²) >= 11 is 0. The second-order valence-corrected chi connectivity index (χ2v) is 6.50. The number of nitrogens with zero attached hydrogens (tertiary/aromatic N) is 3. The molecule has 0 spiro atoms. The SMILES string of the molecule is Cc1ccc(CN(C)C(=O)[C@H]2CNC[C@@H]2c2cnn(C)c2)cc1.Cl. The van der Waals surface area contributed by atoms with E-state index in [9.17, 15) is 4.79 Å². The van der Waals surface area contributed by atoms with E-state index in [0.29, 0.717) is 6.54 Å². The Kier molecular flexibility index (Phi) is 6.02. The Hall–Kier alpha value is -1.85. The highest BCUT2D eigenvalue weighted by Crippen LogP contribution is 2.29. The number of amides is 1. The number of carbonyl (C=O) groups excluding carboxylic acids is 1. The molecule has 0 aliphatic carbocycles. The highest BCUT2D eigenvalue weighted by atomic mass is 35.5. The van der Waals surface area contributed by atoms with Crippen molar-refractivity contribution in [3.8, 4) is 0 Å². The molecule has 0 radical (unpaired) electrons. The number of nitrogens with one attached hydrogen (secondary N) is 1. The first kappa shape index (κ1) is 18.5. The van der Waals surface area contributed by atoms with Gasteiger partial charge in [-0.2, -0.15) is 5.10 Å². The molecule has 2 aromatic rings. The monoisotopic (exact) mass is 348 g/mol.